The Morgan fingerprint density at radius 1 is 1.19 bits per heavy atom. The molecule has 3 aliphatic rings. The van der Waals surface area contributed by atoms with Gasteiger partial charge >= 0.3 is 0 Å². The van der Waals surface area contributed by atoms with E-state index >= 15 is 0 Å². The highest BCUT2D eigenvalue weighted by molar-refractivity contribution is 7.89. The first-order chi connectivity index (χ1) is 12.3. The summed E-state index contributed by atoms with van der Waals surface area (Å²) in [5.74, 6) is 0.880. The first kappa shape index (κ1) is 17.8. The topological polar surface area (TPSA) is 72.5 Å². The molecule has 0 radical (unpaired) electrons. The summed E-state index contributed by atoms with van der Waals surface area (Å²) in [6, 6.07) is 2.89. The molecule has 5 nitrogen and oxygen atoms in total. The Balaban J connectivity index is 1.59. The van der Waals surface area contributed by atoms with Crippen molar-refractivity contribution < 1.29 is 22.3 Å². The molecule has 1 aromatic carbocycles. The second-order valence-electron chi connectivity index (χ2n) is 8.06. The Kier molecular flexibility index (Phi) is 4.45. The molecule has 1 amide bonds. The molecule has 0 aromatic heterocycles. The van der Waals surface area contributed by atoms with Crippen molar-refractivity contribution in [3.8, 4) is 5.75 Å². The fourth-order valence-corrected chi connectivity index (χ4v) is 4.62. The predicted octanol–water partition coefficient (Wildman–Crippen LogP) is 3.21. The SMILES string of the molecule is CS(=O)(=O)NC(=O)c1c(F)ccc(C2CC2)c1OCC1CCC2CC2C1. The van der Waals surface area contributed by atoms with Crippen LogP contribution in [0, 0.1) is 23.6 Å². The molecule has 3 saturated carbocycles. The number of halogens is 1. The number of sulfonamides is 1. The van der Waals surface area contributed by atoms with Crippen molar-refractivity contribution in [1.82, 2.24) is 4.72 Å². The third-order valence-corrected chi connectivity index (χ3v) is 6.33. The lowest BCUT2D eigenvalue weighted by atomic mass is 9.90. The number of ether oxygens (including phenoxy) is 1. The monoisotopic (exact) mass is 381 g/mol. The summed E-state index contributed by atoms with van der Waals surface area (Å²) in [4.78, 5) is 12.4. The van der Waals surface area contributed by atoms with Gasteiger partial charge in [-0.3, -0.25) is 4.79 Å². The fraction of sp³-hybridized carbons (Fsp3) is 0.632. The van der Waals surface area contributed by atoms with Gasteiger partial charge in [0.25, 0.3) is 5.91 Å². The Bertz CT molecular complexity index is 834. The van der Waals surface area contributed by atoms with Gasteiger partial charge in [-0.2, -0.15) is 0 Å². The standard InChI is InChI=1S/C19H24FNO4S/c1-26(23,24)21-19(22)17-16(20)7-6-15(12-4-5-12)18(17)25-10-11-2-3-13-9-14(13)8-11/h6-7,11-14H,2-5,8-10H2,1H3,(H,21,22). The van der Waals surface area contributed by atoms with Crippen molar-refractivity contribution in [2.45, 2.75) is 44.4 Å². The molecule has 1 aromatic rings. The van der Waals surface area contributed by atoms with Crippen molar-refractivity contribution >= 4 is 15.9 Å². The van der Waals surface area contributed by atoms with Crippen molar-refractivity contribution in [3.05, 3.63) is 29.1 Å². The number of rotatable bonds is 6. The number of hydrogen-bond donors (Lipinski definition) is 1. The zero-order chi connectivity index (χ0) is 18.5. The summed E-state index contributed by atoms with van der Waals surface area (Å²) in [5.41, 5.74) is 0.519. The number of nitrogens with one attached hydrogen (secondary N) is 1. The van der Waals surface area contributed by atoms with E-state index in [1.165, 1.54) is 18.9 Å². The van der Waals surface area contributed by atoms with Gasteiger partial charge in [0.05, 0.1) is 12.9 Å². The van der Waals surface area contributed by atoms with E-state index in [1.54, 1.807) is 6.07 Å². The summed E-state index contributed by atoms with van der Waals surface area (Å²) < 4.78 is 45.1. The predicted molar refractivity (Wildman–Crippen MR) is 95.1 cm³/mol. The highest BCUT2D eigenvalue weighted by Gasteiger charge is 2.42. The van der Waals surface area contributed by atoms with Gasteiger partial charge in [0.15, 0.2) is 0 Å². The van der Waals surface area contributed by atoms with Gasteiger partial charge in [-0.1, -0.05) is 6.07 Å². The second-order valence-corrected chi connectivity index (χ2v) is 9.81. The quantitative estimate of drug-likeness (QED) is 0.821. The Hall–Kier alpha value is -1.63. The zero-order valence-corrected chi connectivity index (χ0v) is 15.6. The highest BCUT2D eigenvalue weighted by atomic mass is 32.2. The molecule has 7 heteroatoms. The van der Waals surface area contributed by atoms with Crippen LogP contribution in [0.4, 0.5) is 4.39 Å². The van der Waals surface area contributed by atoms with E-state index in [0.717, 1.165) is 49.3 Å². The first-order valence-corrected chi connectivity index (χ1v) is 11.2. The first-order valence-electron chi connectivity index (χ1n) is 9.29. The summed E-state index contributed by atoms with van der Waals surface area (Å²) in [6.45, 7) is 0.450. The Morgan fingerprint density at radius 3 is 2.62 bits per heavy atom. The van der Waals surface area contributed by atoms with Crippen LogP contribution in [0.15, 0.2) is 12.1 Å². The average Bonchev–Trinajstić information content (AvgIpc) is 3.43. The summed E-state index contributed by atoms with van der Waals surface area (Å²) >= 11 is 0. The molecule has 0 saturated heterocycles. The molecule has 1 N–H and O–H groups in total. The van der Waals surface area contributed by atoms with Crippen LogP contribution < -0.4 is 9.46 Å². The lowest BCUT2D eigenvalue weighted by Gasteiger charge is -2.23. The van der Waals surface area contributed by atoms with E-state index in [1.807, 2.05) is 4.72 Å². The molecular formula is C19H24FNO4S. The molecule has 3 atom stereocenters. The molecule has 4 rings (SSSR count). The zero-order valence-electron chi connectivity index (χ0n) is 14.8. The molecule has 26 heavy (non-hydrogen) atoms. The summed E-state index contributed by atoms with van der Waals surface area (Å²) in [6.07, 6.45) is 7.58. The van der Waals surface area contributed by atoms with Crippen molar-refractivity contribution in [2.24, 2.45) is 17.8 Å². The maximum Gasteiger partial charge on any atom is 0.271 e. The van der Waals surface area contributed by atoms with Gasteiger partial charge < -0.3 is 4.74 Å². The van der Waals surface area contributed by atoms with Gasteiger partial charge in [-0.25, -0.2) is 17.5 Å². The van der Waals surface area contributed by atoms with Crippen LogP contribution in [0.2, 0.25) is 0 Å². The molecule has 0 aliphatic heterocycles. The van der Waals surface area contributed by atoms with Crippen LogP contribution in [0.1, 0.15) is 60.4 Å². The molecule has 0 heterocycles. The highest BCUT2D eigenvalue weighted by Crippen LogP contribution is 2.51. The lowest BCUT2D eigenvalue weighted by Crippen LogP contribution is -2.31. The van der Waals surface area contributed by atoms with Gasteiger partial charge in [0.1, 0.15) is 17.1 Å². The number of carbonyl (C=O) groups excluding carboxylic acids is 1. The number of hydrogen-bond acceptors (Lipinski definition) is 4. The van der Waals surface area contributed by atoms with E-state index in [-0.39, 0.29) is 17.2 Å². The largest absolute Gasteiger partial charge is 0.492 e. The molecule has 0 spiro atoms. The molecule has 142 valence electrons. The van der Waals surface area contributed by atoms with Crippen LogP contribution in [0.3, 0.4) is 0 Å². The van der Waals surface area contributed by atoms with Crippen molar-refractivity contribution in [1.29, 1.82) is 0 Å². The smallest absolute Gasteiger partial charge is 0.271 e. The van der Waals surface area contributed by atoms with E-state index in [0.29, 0.717) is 12.5 Å². The average molecular weight is 381 g/mol. The normalized spacial score (nSPS) is 27.5. The van der Waals surface area contributed by atoms with Crippen molar-refractivity contribution in [3.63, 3.8) is 0 Å². The maximum atomic E-state index is 14.4. The van der Waals surface area contributed by atoms with E-state index in [4.69, 9.17) is 4.74 Å². The number of benzene rings is 1. The van der Waals surface area contributed by atoms with Crippen molar-refractivity contribution in [2.75, 3.05) is 12.9 Å². The molecule has 3 fully saturated rings. The lowest BCUT2D eigenvalue weighted by molar-refractivity contribution is 0.0971. The minimum absolute atomic E-state index is 0.228. The van der Waals surface area contributed by atoms with Crippen LogP contribution >= 0.6 is 0 Å². The van der Waals surface area contributed by atoms with Gasteiger partial charge in [0, 0.05) is 0 Å². The number of carbonyl (C=O) groups is 1. The molecule has 0 bridgehead atoms. The minimum Gasteiger partial charge on any atom is -0.492 e. The summed E-state index contributed by atoms with van der Waals surface area (Å²) in [7, 11) is -3.78. The maximum absolute atomic E-state index is 14.4. The third kappa shape index (κ3) is 3.87. The fourth-order valence-electron chi connectivity index (χ4n) is 4.18. The van der Waals surface area contributed by atoms with Gasteiger partial charge in [0.2, 0.25) is 10.0 Å². The van der Waals surface area contributed by atoms with Gasteiger partial charge in [-0.05, 0) is 73.8 Å². The summed E-state index contributed by atoms with van der Waals surface area (Å²) in [5, 5.41) is 0. The van der Waals surface area contributed by atoms with Gasteiger partial charge in [-0.15, -0.1) is 0 Å². The number of fused-ring (bicyclic) bond motifs is 1. The molecule has 3 unspecified atom stereocenters. The number of amides is 1. The molecular weight excluding hydrogens is 357 g/mol. The van der Waals surface area contributed by atoms with E-state index in [9.17, 15) is 17.6 Å². The Labute approximate surface area is 153 Å². The Morgan fingerprint density at radius 2 is 1.96 bits per heavy atom. The second kappa shape index (κ2) is 6.51. The van der Waals surface area contributed by atoms with Crippen LogP contribution in [0.25, 0.3) is 0 Å². The molecule has 3 aliphatic carbocycles. The minimum atomic E-state index is -3.78. The van der Waals surface area contributed by atoms with E-state index < -0.39 is 21.7 Å². The van der Waals surface area contributed by atoms with Crippen LogP contribution in [0.5, 0.6) is 5.75 Å². The third-order valence-electron chi connectivity index (χ3n) is 5.77. The van der Waals surface area contributed by atoms with E-state index in [2.05, 4.69) is 0 Å². The van der Waals surface area contributed by atoms with Crippen LogP contribution in [-0.2, 0) is 10.0 Å². The van der Waals surface area contributed by atoms with Crippen LogP contribution in [-0.4, -0.2) is 27.2 Å².